The van der Waals surface area contributed by atoms with Crippen molar-refractivity contribution in [3.63, 3.8) is 0 Å². The molecule has 0 saturated heterocycles. The molecule has 3 atom stereocenters. The lowest BCUT2D eigenvalue weighted by Gasteiger charge is -2.29. The van der Waals surface area contributed by atoms with Crippen LogP contribution in [0.1, 0.15) is 39.5 Å². The van der Waals surface area contributed by atoms with E-state index in [1.165, 1.54) is 6.92 Å². The number of carbonyl (C=O) groups is 3. The Balaban J connectivity index is 2.43. The number of nitrogens with one attached hydrogen (secondary N) is 2. The van der Waals surface area contributed by atoms with Gasteiger partial charge in [-0.2, -0.15) is 0 Å². The first-order chi connectivity index (χ1) is 8.91. The fraction of sp³-hybridized carbons (Fsp3) is 0.769. The number of carboxylic acids is 1. The molecule has 0 aromatic carbocycles. The van der Waals surface area contributed by atoms with E-state index in [9.17, 15) is 14.4 Å². The molecule has 0 aliphatic heterocycles. The number of carboxylic acid groups (broad SMARTS) is 1. The van der Waals surface area contributed by atoms with Crippen LogP contribution < -0.4 is 10.6 Å². The largest absolute Gasteiger partial charge is 0.481 e. The van der Waals surface area contributed by atoms with Crippen LogP contribution in [0.5, 0.6) is 0 Å². The van der Waals surface area contributed by atoms with Crippen molar-refractivity contribution in [3.05, 3.63) is 0 Å². The molecule has 0 aromatic rings. The summed E-state index contributed by atoms with van der Waals surface area (Å²) in [5.41, 5.74) is 0. The maximum Gasteiger partial charge on any atom is 0.306 e. The second kappa shape index (κ2) is 7.11. The van der Waals surface area contributed by atoms with E-state index in [1.54, 1.807) is 6.92 Å². The van der Waals surface area contributed by atoms with Crippen molar-refractivity contribution in [3.8, 4) is 0 Å². The SMILES string of the molecule is CC(=O)NC(C)C(=O)NCC1CCCCC1C(=O)O. The molecule has 0 heterocycles. The monoisotopic (exact) mass is 270 g/mol. The van der Waals surface area contributed by atoms with Crippen LogP contribution in [-0.4, -0.2) is 35.5 Å². The molecule has 1 aliphatic rings. The summed E-state index contributed by atoms with van der Waals surface area (Å²) in [7, 11) is 0. The lowest BCUT2D eigenvalue weighted by atomic mass is 9.79. The van der Waals surface area contributed by atoms with Crippen LogP contribution in [0.2, 0.25) is 0 Å². The van der Waals surface area contributed by atoms with Gasteiger partial charge in [0.2, 0.25) is 11.8 Å². The summed E-state index contributed by atoms with van der Waals surface area (Å²) in [5, 5.41) is 14.4. The van der Waals surface area contributed by atoms with Crippen molar-refractivity contribution in [1.82, 2.24) is 10.6 Å². The van der Waals surface area contributed by atoms with Crippen molar-refractivity contribution < 1.29 is 19.5 Å². The van der Waals surface area contributed by atoms with Gasteiger partial charge in [-0.15, -0.1) is 0 Å². The van der Waals surface area contributed by atoms with Gasteiger partial charge in [-0.25, -0.2) is 0 Å². The number of carbonyl (C=O) groups excluding carboxylic acids is 2. The maximum absolute atomic E-state index is 11.7. The molecule has 19 heavy (non-hydrogen) atoms. The van der Waals surface area contributed by atoms with E-state index < -0.39 is 12.0 Å². The van der Waals surface area contributed by atoms with Gasteiger partial charge in [-0.3, -0.25) is 14.4 Å². The van der Waals surface area contributed by atoms with Crippen LogP contribution >= 0.6 is 0 Å². The molecule has 3 N–H and O–H groups in total. The summed E-state index contributed by atoms with van der Waals surface area (Å²) in [5.74, 6) is -1.70. The quantitative estimate of drug-likeness (QED) is 0.678. The highest BCUT2D eigenvalue weighted by molar-refractivity contribution is 5.86. The van der Waals surface area contributed by atoms with Crippen molar-refractivity contribution in [2.75, 3.05) is 6.54 Å². The van der Waals surface area contributed by atoms with Crippen LogP contribution in [-0.2, 0) is 14.4 Å². The van der Waals surface area contributed by atoms with Gasteiger partial charge in [-0.05, 0) is 25.7 Å². The van der Waals surface area contributed by atoms with Gasteiger partial charge in [-0.1, -0.05) is 12.8 Å². The fourth-order valence-electron chi connectivity index (χ4n) is 2.53. The highest BCUT2D eigenvalue weighted by atomic mass is 16.4. The number of hydrogen-bond acceptors (Lipinski definition) is 3. The van der Waals surface area contributed by atoms with Gasteiger partial charge in [0, 0.05) is 13.5 Å². The summed E-state index contributed by atoms with van der Waals surface area (Å²) in [6, 6.07) is -0.593. The molecule has 108 valence electrons. The first-order valence-electron chi connectivity index (χ1n) is 6.69. The molecule has 0 spiro atoms. The van der Waals surface area contributed by atoms with Crippen LogP contribution in [0, 0.1) is 11.8 Å². The minimum absolute atomic E-state index is 0.0141. The zero-order chi connectivity index (χ0) is 14.4. The maximum atomic E-state index is 11.7. The third kappa shape index (κ3) is 4.89. The van der Waals surface area contributed by atoms with E-state index in [-0.39, 0.29) is 23.7 Å². The van der Waals surface area contributed by atoms with Crippen molar-refractivity contribution in [2.45, 2.75) is 45.6 Å². The second-order valence-corrected chi connectivity index (χ2v) is 5.16. The molecule has 1 aliphatic carbocycles. The molecule has 1 rings (SSSR count). The Hall–Kier alpha value is -1.59. The Labute approximate surface area is 112 Å². The molecular formula is C13H22N2O4. The molecule has 0 aromatic heterocycles. The van der Waals surface area contributed by atoms with E-state index in [0.29, 0.717) is 13.0 Å². The first kappa shape index (κ1) is 15.5. The Bertz CT molecular complexity index is 357. The van der Waals surface area contributed by atoms with Gasteiger partial charge < -0.3 is 15.7 Å². The third-order valence-corrected chi connectivity index (χ3v) is 3.58. The fourth-order valence-corrected chi connectivity index (χ4v) is 2.53. The van der Waals surface area contributed by atoms with Gasteiger partial charge >= 0.3 is 5.97 Å². The topological polar surface area (TPSA) is 95.5 Å². The Morgan fingerprint density at radius 2 is 1.89 bits per heavy atom. The Morgan fingerprint density at radius 3 is 2.47 bits per heavy atom. The minimum atomic E-state index is -0.783. The van der Waals surface area contributed by atoms with E-state index in [2.05, 4.69) is 10.6 Å². The third-order valence-electron chi connectivity index (χ3n) is 3.58. The van der Waals surface area contributed by atoms with E-state index in [1.807, 2.05) is 0 Å². The van der Waals surface area contributed by atoms with Gasteiger partial charge in [0.25, 0.3) is 0 Å². The molecule has 2 amide bonds. The first-order valence-corrected chi connectivity index (χ1v) is 6.69. The Morgan fingerprint density at radius 1 is 1.26 bits per heavy atom. The van der Waals surface area contributed by atoms with E-state index in [4.69, 9.17) is 5.11 Å². The zero-order valence-electron chi connectivity index (χ0n) is 11.4. The number of rotatable bonds is 5. The van der Waals surface area contributed by atoms with E-state index in [0.717, 1.165) is 19.3 Å². The molecular weight excluding hydrogens is 248 g/mol. The summed E-state index contributed by atoms with van der Waals surface area (Å²) in [6.45, 7) is 3.32. The average molecular weight is 270 g/mol. The molecule has 1 saturated carbocycles. The van der Waals surface area contributed by atoms with Gasteiger partial charge in [0.1, 0.15) is 6.04 Å². The lowest BCUT2D eigenvalue weighted by Crippen LogP contribution is -2.46. The van der Waals surface area contributed by atoms with Crippen LogP contribution in [0.3, 0.4) is 0 Å². The van der Waals surface area contributed by atoms with Crippen LogP contribution in [0.4, 0.5) is 0 Å². The van der Waals surface area contributed by atoms with Crippen molar-refractivity contribution >= 4 is 17.8 Å². The second-order valence-electron chi connectivity index (χ2n) is 5.16. The molecule has 3 unspecified atom stereocenters. The molecule has 0 radical (unpaired) electrons. The van der Waals surface area contributed by atoms with Gasteiger partial charge in [0.05, 0.1) is 5.92 Å². The number of amides is 2. The molecule has 0 bridgehead atoms. The summed E-state index contributed by atoms with van der Waals surface area (Å²) < 4.78 is 0. The van der Waals surface area contributed by atoms with Crippen molar-refractivity contribution in [2.24, 2.45) is 11.8 Å². The molecule has 6 nitrogen and oxygen atoms in total. The Kier molecular flexibility index (Phi) is 5.79. The highest BCUT2D eigenvalue weighted by Crippen LogP contribution is 2.29. The van der Waals surface area contributed by atoms with Crippen LogP contribution in [0.15, 0.2) is 0 Å². The number of hydrogen-bond donors (Lipinski definition) is 3. The normalized spacial score (nSPS) is 24.3. The summed E-state index contributed by atoms with van der Waals surface area (Å²) in [6.07, 6.45) is 3.44. The highest BCUT2D eigenvalue weighted by Gasteiger charge is 2.31. The average Bonchev–Trinajstić information content (AvgIpc) is 2.35. The molecule has 1 fully saturated rings. The number of aliphatic carboxylic acids is 1. The summed E-state index contributed by atoms with van der Waals surface area (Å²) >= 11 is 0. The molecule has 6 heteroatoms. The predicted octanol–water partition coefficient (Wildman–Crippen LogP) is 0.518. The van der Waals surface area contributed by atoms with Gasteiger partial charge in [0.15, 0.2) is 0 Å². The standard InChI is InChI=1S/C13H22N2O4/c1-8(15-9(2)16)12(17)14-7-10-5-3-4-6-11(10)13(18)19/h8,10-11H,3-7H2,1-2H3,(H,14,17)(H,15,16)(H,18,19). The smallest absolute Gasteiger partial charge is 0.306 e. The van der Waals surface area contributed by atoms with Crippen LogP contribution in [0.25, 0.3) is 0 Å². The van der Waals surface area contributed by atoms with E-state index >= 15 is 0 Å². The van der Waals surface area contributed by atoms with Crippen molar-refractivity contribution in [1.29, 1.82) is 0 Å². The minimum Gasteiger partial charge on any atom is -0.481 e. The predicted molar refractivity (Wildman–Crippen MR) is 69.4 cm³/mol. The summed E-state index contributed by atoms with van der Waals surface area (Å²) in [4.78, 5) is 33.7. The zero-order valence-corrected chi connectivity index (χ0v) is 11.4. The lowest BCUT2D eigenvalue weighted by molar-refractivity contribution is -0.145.